The molecule has 1 aromatic rings. The molecule has 0 amide bonds. The lowest BCUT2D eigenvalue weighted by Gasteiger charge is -2.23. The number of aliphatic hydroxyl groups excluding tert-OH is 1. The average Bonchev–Trinajstić information content (AvgIpc) is 2.45. The monoisotopic (exact) mass is 299 g/mol. The Labute approximate surface area is 120 Å². The number of nitro groups is 1. The fraction of sp³-hybridized carbons (Fsp3) is 0.455. The van der Waals surface area contributed by atoms with E-state index in [9.17, 15) is 15.2 Å². The molecule has 0 saturated carbocycles. The van der Waals surface area contributed by atoms with E-state index in [1.165, 1.54) is 12.0 Å². The van der Waals surface area contributed by atoms with Crippen LogP contribution in [0.1, 0.15) is 5.56 Å². The summed E-state index contributed by atoms with van der Waals surface area (Å²) in [6, 6.07) is 1.15. The van der Waals surface area contributed by atoms with Crippen molar-refractivity contribution in [2.75, 3.05) is 32.2 Å². The number of likely N-dealkylation sites (N-methyl/N-ethyl adjacent to an activating group) is 1. The summed E-state index contributed by atoms with van der Waals surface area (Å²) in [5.74, 6) is -0.0691. The summed E-state index contributed by atoms with van der Waals surface area (Å²) in [5, 5.41) is 32.1. The molecule has 1 unspecified atom stereocenters. The second-order valence-corrected chi connectivity index (χ2v) is 4.30. The van der Waals surface area contributed by atoms with Gasteiger partial charge in [-0.3, -0.25) is 10.1 Å². The number of amidine groups is 1. The number of anilines is 1. The Kier molecular flexibility index (Phi) is 5.81. The van der Waals surface area contributed by atoms with E-state index < -0.39 is 11.0 Å². The molecule has 1 atom stereocenters. The van der Waals surface area contributed by atoms with Gasteiger partial charge in [0.25, 0.3) is 5.69 Å². The summed E-state index contributed by atoms with van der Waals surface area (Å²) >= 11 is 0. The second-order valence-electron chi connectivity index (χ2n) is 4.30. The zero-order valence-electron chi connectivity index (χ0n) is 11.6. The van der Waals surface area contributed by atoms with Crippen LogP contribution in [0.5, 0.6) is 0 Å². The number of oxime groups is 1. The van der Waals surface area contributed by atoms with Crippen LogP contribution in [-0.2, 0) is 4.74 Å². The molecule has 0 aromatic carbocycles. The van der Waals surface area contributed by atoms with Crippen molar-refractivity contribution in [2.24, 2.45) is 10.9 Å². The minimum Gasteiger partial charge on any atom is -0.409 e. The van der Waals surface area contributed by atoms with E-state index in [2.05, 4.69) is 10.1 Å². The van der Waals surface area contributed by atoms with Crippen molar-refractivity contribution in [3.8, 4) is 0 Å². The van der Waals surface area contributed by atoms with Gasteiger partial charge in [0.1, 0.15) is 12.0 Å². The number of hydrogen-bond acceptors (Lipinski definition) is 8. The maximum Gasteiger partial charge on any atom is 0.288 e. The number of hydrogen-bond donors (Lipinski definition) is 3. The standard InChI is InChI=1S/C11H17N5O5/c1-15(5-8(17)6-21-2)11-9(10(12)14-18)3-7(4-13-11)16(19)20/h3-4,8,17-18H,5-6H2,1-2H3,(H2,12,14). The van der Waals surface area contributed by atoms with E-state index in [4.69, 9.17) is 15.7 Å². The Morgan fingerprint density at radius 1 is 1.71 bits per heavy atom. The molecular weight excluding hydrogens is 282 g/mol. The van der Waals surface area contributed by atoms with Gasteiger partial charge in [-0.2, -0.15) is 0 Å². The molecule has 0 bridgehead atoms. The summed E-state index contributed by atoms with van der Waals surface area (Å²) < 4.78 is 4.82. The van der Waals surface area contributed by atoms with Gasteiger partial charge >= 0.3 is 0 Å². The van der Waals surface area contributed by atoms with E-state index in [-0.39, 0.29) is 36.1 Å². The van der Waals surface area contributed by atoms with Crippen LogP contribution in [0.4, 0.5) is 11.5 Å². The number of pyridine rings is 1. The Morgan fingerprint density at radius 3 is 2.90 bits per heavy atom. The molecule has 1 heterocycles. The van der Waals surface area contributed by atoms with E-state index in [0.29, 0.717) is 0 Å². The van der Waals surface area contributed by atoms with Crippen molar-refractivity contribution >= 4 is 17.3 Å². The normalized spacial score (nSPS) is 13.0. The first-order valence-electron chi connectivity index (χ1n) is 5.91. The lowest BCUT2D eigenvalue weighted by atomic mass is 10.2. The van der Waals surface area contributed by atoms with Gasteiger partial charge in [-0.15, -0.1) is 0 Å². The van der Waals surface area contributed by atoms with Gasteiger partial charge in [0.05, 0.1) is 23.2 Å². The fourth-order valence-corrected chi connectivity index (χ4v) is 1.74. The molecule has 0 aliphatic rings. The summed E-state index contributed by atoms with van der Waals surface area (Å²) in [4.78, 5) is 15.6. The molecular formula is C11H17N5O5. The number of ether oxygens (including phenoxy) is 1. The molecule has 0 aliphatic heterocycles. The van der Waals surface area contributed by atoms with Gasteiger partial charge in [-0.05, 0) is 0 Å². The third-order valence-electron chi connectivity index (χ3n) is 2.65. The van der Waals surface area contributed by atoms with Gasteiger partial charge in [-0.1, -0.05) is 5.16 Å². The summed E-state index contributed by atoms with van der Waals surface area (Å²) in [6.45, 7) is 0.278. The highest BCUT2D eigenvalue weighted by Crippen LogP contribution is 2.21. The Balaban J connectivity index is 3.13. The van der Waals surface area contributed by atoms with Crippen molar-refractivity contribution in [1.29, 1.82) is 0 Å². The minimum atomic E-state index is -0.780. The zero-order valence-corrected chi connectivity index (χ0v) is 11.6. The summed E-state index contributed by atoms with van der Waals surface area (Å²) in [6.07, 6.45) is 0.278. The van der Waals surface area contributed by atoms with Crippen LogP contribution in [-0.4, -0.2) is 59.5 Å². The maximum atomic E-state index is 10.8. The third-order valence-corrected chi connectivity index (χ3v) is 2.65. The van der Waals surface area contributed by atoms with Crippen molar-refractivity contribution in [1.82, 2.24) is 4.98 Å². The highest BCUT2D eigenvalue weighted by Gasteiger charge is 2.19. The summed E-state index contributed by atoms with van der Waals surface area (Å²) in [5.41, 5.74) is 5.33. The SMILES string of the molecule is COCC(O)CN(C)c1ncc([N+](=O)[O-])cc1C(N)=NO. The summed E-state index contributed by atoms with van der Waals surface area (Å²) in [7, 11) is 3.07. The van der Waals surface area contributed by atoms with Crippen molar-refractivity contribution in [3.63, 3.8) is 0 Å². The quantitative estimate of drug-likeness (QED) is 0.201. The van der Waals surface area contributed by atoms with Crippen LogP contribution in [0.3, 0.4) is 0 Å². The van der Waals surface area contributed by atoms with Crippen LogP contribution in [0.2, 0.25) is 0 Å². The number of rotatable bonds is 7. The highest BCUT2D eigenvalue weighted by molar-refractivity contribution is 6.01. The molecule has 4 N–H and O–H groups in total. The largest absolute Gasteiger partial charge is 0.409 e. The van der Waals surface area contributed by atoms with Crippen molar-refractivity contribution < 1.29 is 20.0 Å². The third kappa shape index (κ3) is 4.26. The predicted molar refractivity (Wildman–Crippen MR) is 74.6 cm³/mol. The minimum absolute atomic E-state index is 0.0961. The molecule has 0 fully saturated rings. The Bertz CT molecular complexity index is 536. The molecule has 0 saturated heterocycles. The second kappa shape index (κ2) is 7.36. The molecule has 10 nitrogen and oxygen atoms in total. The van der Waals surface area contributed by atoms with E-state index >= 15 is 0 Å². The van der Waals surface area contributed by atoms with E-state index in [1.807, 2.05) is 0 Å². The Morgan fingerprint density at radius 2 is 2.38 bits per heavy atom. The first kappa shape index (κ1) is 16.6. The van der Waals surface area contributed by atoms with Crippen molar-refractivity contribution in [3.05, 3.63) is 27.9 Å². The fourth-order valence-electron chi connectivity index (χ4n) is 1.74. The van der Waals surface area contributed by atoms with Crippen LogP contribution < -0.4 is 10.6 Å². The first-order valence-corrected chi connectivity index (χ1v) is 5.91. The van der Waals surface area contributed by atoms with Gasteiger partial charge in [-0.25, -0.2) is 4.98 Å². The molecule has 0 radical (unpaired) electrons. The number of aliphatic hydroxyl groups is 1. The predicted octanol–water partition coefficient (Wildman–Crippen LogP) is -0.472. The van der Waals surface area contributed by atoms with Crippen LogP contribution in [0.25, 0.3) is 0 Å². The number of nitrogens with two attached hydrogens (primary N) is 1. The lowest BCUT2D eigenvalue weighted by Crippen LogP contribution is -2.34. The topological polar surface area (TPSA) is 147 Å². The molecule has 10 heteroatoms. The van der Waals surface area contributed by atoms with E-state index in [0.717, 1.165) is 12.3 Å². The highest BCUT2D eigenvalue weighted by atomic mass is 16.6. The Hall–Kier alpha value is -2.46. The molecule has 1 aromatic heterocycles. The van der Waals surface area contributed by atoms with Crippen LogP contribution >= 0.6 is 0 Å². The van der Waals surface area contributed by atoms with Gasteiger partial charge < -0.3 is 25.7 Å². The van der Waals surface area contributed by atoms with Crippen LogP contribution in [0.15, 0.2) is 17.4 Å². The molecule has 0 spiro atoms. The molecule has 116 valence electrons. The smallest absolute Gasteiger partial charge is 0.288 e. The van der Waals surface area contributed by atoms with Gasteiger partial charge in [0, 0.05) is 26.8 Å². The first-order chi connectivity index (χ1) is 9.90. The molecule has 0 aliphatic carbocycles. The zero-order chi connectivity index (χ0) is 16.0. The lowest BCUT2D eigenvalue weighted by molar-refractivity contribution is -0.385. The number of nitrogens with zero attached hydrogens (tertiary/aromatic N) is 4. The average molecular weight is 299 g/mol. The number of methoxy groups -OCH3 is 1. The van der Waals surface area contributed by atoms with Crippen molar-refractivity contribution in [2.45, 2.75) is 6.10 Å². The van der Waals surface area contributed by atoms with Gasteiger partial charge in [0.2, 0.25) is 0 Å². The molecule has 1 rings (SSSR count). The van der Waals surface area contributed by atoms with Gasteiger partial charge in [0.15, 0.2) is 5.84 Å². The van der Waals surface area contributed by atoms with Crippen LogP contribution in [0, 0.1) is 10.1 Å². The number of aromatic nitrogens is 1. The van der Waals surface area contributed by atoms with E-state index in [1.54, 1.807) is 7.05 Å². The maximum absolute atomic E-state index is 10.8. The molecule has 21 heavy (non-hydrogen) atoms.